The summed E-state index contributed by atoms with van der Waals surface area (Å²) in [7, 11) is 0. The Morgan fingerprint density at radius 3 is 2.03 bits per heavy atom. The molecule has 3 heterocycles. The van der Waals surface area contributed by atoms with Crippen molar-refractivity contribution in [3.05, 3.63) is 89.7 Å². The first-order valence-electron chi connectivity index (χ1n) is 12.0. The molecule has 0 radical (unpaired) electrons. The predicted octanol–water partition coefficient (Wildman–Crippen LogP) is 1.58. The third kappa shape index (κ3) is 5.04. The van der Waals surface area contributed by atoms with Gasteiger partial charge in [0.25, 0.3) is 17.7 Å². The van der Waals surface area contributed by atoms with Gasteiger partial charge in [0, 0.05) is 45.0 Å². The molecule has 0 aliphatic carbocycles. The minimum Gasteiger partial charge on any atom is -0.454 e. The fraction of sp³-hybridized carbons (Fsp3) is 0.259. The van der Waals surface area contributed by atoms with Crippen LogP contribution in [0.25, 0.3) is 0 Å². The van der Waals surface area contributed by atoms with Gasteiger partial charge in [-0.1, -0.05) is 42.5 Å². The zero-order valence-electron chi connectivity index (χ0n) is 20.0. The second-order valence-electron chi connectivity index (χ2n) is 8.76. The summed E-state index contributed by atoms with van der Waals surface area (Å²) in [4.78, 5) is 65.2. The number of hydrogen-bond donors (Lipinski definition) is 0. The lowest BCUT2D eigenvalue weighted by molar-refractivity contribution is -0.155. The van der Waals surface area contributed by atoms with Gasteiger partial charge in [-0.05, 0) is 23.8 Å². The van der Waals surface area contributed by atoms with Gasteiger partial charge in [-0.15, -0.1) is 0 Å². The molecule has 0 spiro atoms. The van der Waals surface area contributed by atoms with E-state index in [-0.39, 0.29) is 23.5 Å². The van der Waals surface area contributed by atoms with Crippen molar-refractivity contribution >= 4 is 29.6 Å². The molecule has 1 fully saturated rings. The Labute approximate surface area is 213 Å². The number of piperazine rings is 1. The number of hydrogen-bond acceptors (Lipinski definition) is 8. The number of anilines is 1. The molecule has 1 atom stereocenters. The Kier molecular flexibility index (Phi) is 6.89. The summed E-state index contributed by atoms with van der Waals surface area (Å²) in [6.45, 7) is 1.49. The smallest absolute Gasteiger partial charge is 0.330 e. The minimum absolute atomic E-state index is 0.0785. The summed E-state index contributed by atoms with van der Waals surface area (Å²) >= 11 is 0. The van der Waals surface area contributed by atoms with Crippen molar-refractivity contribution in [3.63, 3.8) is 0 Å². The molecule has 3 aromatic rings. The molecule has 188 valence electrons. The highest BCUT2D eigenvalue weighted by Crippen LogP contribution is 2.26. The lowest BCUT2D eigenvalue weighted by Gasteiger charge is -2.34. The Hall–Kier alpha value is -4.60. The third-order valence-corrected chi connectivity index (χ3v) is 6.49. The normalized spacial score (nSPS) is 15.9. The fourth-order valence-corrected chi connectivity index (χ4v) is 4.54. The molecule has 2 aromatic carbocycles. The van der Waals surface area contributed by atoms with E-state index in [4.69, 9.17) is 4.74 Å². The van der Waals surface area contributed by atoms with Crippen LogP contribution >= 0.6 is 0 Å². The van der Waals surface area contributed by atoms with Crippen LogP contribution in [0.1, 0.15) is 26.3 Å². The topological polar surface area (TPSA) is 113 Å². The van der Waals surface area contributed by atoms with E-state index in [0.29, 0.717) is 32.1 Å². The Bertz CT molecular complexity index is 1270. The van der Waals surface area contributed by atoms with Crippen molar-refractivity contribution in [1.82, 2.24) is 19.8 Å². The van der Waals surface area contributed by atoms with Crippen molar-refractivity contribution in [2.75, 3.05) is 37.7 Å². The number of aromatic nitrogens is 2. The van der Waals surface area contributed by atoms with Crippen LogP contribution in [0.2, 0.25) is 0 Å². The van der Waals surface area contributed by atoms with Crippen LogP contribution in [-0.2, 0) is 20.7 Å². The second-order valence-corrected chi connectivity index (χ2v) is 8.76. The van der Waals surface area contributed by atoms with Gasteiger partial charge in [0.2, 0.25) is 5.95 Å². The molecule has 0 bridgehead atoms. The number of imide groups is 1. The summed E-state index contributed by atoms with van der Waals surface area (Å²) in [6.07, 6.45) is 3.41. The molecular weight excluding hydrogens is 474 g/mol. The first kappa shape index (κ1) is 24.1. The van der Waals surface area contributed by atoms with Crippen LogP contribution in [0.4, 0.5) is 5.95 Å². The highest BCUT2D eigenvalue weighted by molar-refractivity contribution is 6.22. The number of rotatable bonds is 7. The van der Waals surface area contributed by atoms with Gasteiger partial charge in [-0.25, -0.2) is 14.8 Å². The van der Waals surface area contributed by atoms with Gasteiger partial charge >= 0.3 is 5.97 Å². The Morgan fingerprint density at radius 1 is 0.811 bits per heavy atom. The van der Waals surface area contributed by atoms with E-state index in [9.17, 15) is 19.2 Å². The molecule has 3 amide bonds. The van der Waals surface area contributed by atoms with E-state index in [0.717, 1.165) is 10.5 Å². The van der Waals surface area contributed by atoms with E-state index < -0.39 is 30.4 Å². The number of fused-ring (bicyclic) bond motifs is 1. The highest BCUT2D eigenvalue weighted by Gasteiger charge is 2.43. The lowest BCUT2D eigenvalue weighted by atomic mass is 10.0. The van der Waals surface area contributed by atoms with Crippen molar-refractivity contribution in [2.45, 2.75) is 12.5 Å². The standard InChI is InChI=1S/C27H25N5O5/c33-23(30-13-15-31(16-14-30)27-28-11-6-12-29-27)18-37-26(36)22(17-19-7-2-1-3-8-19)32-24(34)20-9-4-5-10-21(20)25(32)35/h1-12,22H,13-18H2/t22-/m0/s1. The second kappa shape index (κ2) is 10.6. The summed E-state index contributed by atoms with van der Waals surface area (Å²) in [5, 5.41) is 0. The van der Waals surface area contributed by atoms with Crippen LogP contribution < -0.4 is 4.90 Å². The zero-order chi connectivity index (χ0) is 25.8. The predicted molar refractivity (Wildman–Crippen MR) is 133 cm³/mol. The molecular formula is C27H25N5O5. The number of esters is 1. The largest absolute Gasteiger partial charge is 0.454 e. The quantitative estimate of drug-likeness (QED) is 0.356. The van der Waals surface area contributed by atoms with Crippen molar-refractivity contribution in [1.29, 1.82) is 0 Å². The molecule has 2 aliphatic rings. The van der Waals surface area contributed by atoms with Crippen LogP contribution in [0.15, 0.2) is 73.1 Å². The SMILES string of the molecule is O=C(OCC(=O)N1CCN(c2ncccn2)CC1)[C@H](Cc1ccccc1)N1C(=O)c2ccccc2C1=O. The number of nitrogens with zero attached hydrogens (tertiary/aromatic N) is 5. The molecule has 0 unspecified atom stereocenters. The van der Waals surface area contributed by atoms with E-state index in [2.05, 4.69) is 9.97 Å². The van der Waals surface area contributed by atoms with Crippen molar-refractivity contribution in [2.24, 2.45) is 0 Å². The number of carbonyl (C=O) groups is 4. The van der Waals surface area contributed by atoms with E-state index in [1.165, 1.54) is 0 Å². The Balaban J connectivity index is 1.25. The van der Waals surface area contributed by atoms with E-state index >= 15 is 0 Å². The van der Waals surface area contributed by atoms with Crippen LogP contribution in [0.3, 0.4) is 0 Å². The molecule has 10 nitrogen and oxygen atoms in total. The van der Waals surface area contributed by atoms with E-state index in [1.54, 1.807) is 59.8 Å². The maximum Gasteiger partial charge on any atom is 0.330 e. The third-order valence-electron chi connectivity index (χ3n) is 6.49. The summed E-state index contributed by atoms with van der Waals surface area (Å²) in [5.74, 6) is -1.65. The number of benzene rings is 2. The zero-order valence-corrected chi connectivity index (χ0v) is 20.0. The molecule has 10 heteroatoms. The maximum absolute atomic E-state index is 13.2. The molecule has 5 rings (SSSR count). The first-order valence-corrected chi connectivity index (χ1v) is 12.0. The van der Waals surface area contributed by atoms with Gasteiger partial charge in [0.05, 0.1) is 11.1 Å². The molecule has 1 saturated heterocycles. The minimum atomic E-state index is -1.20. The molecule has 37 heavy (non-hydrogen) atoms. The van der Waals surface area contributed by atoms with Crippen molar-refractivity contribution in [3.8, 4) is 0 Å². The summed E-state index contributed by atoms with van der Waals surface area (Å²) in [5.41, 5.74) is 1.25. The molecule has 1 aromatic heterocycles. The van der Waals surface area contributed by atoms with Gasteiger partial charge in [-0.3, -0.25) is 19.3 Å². The van der Waals surface area contributed by atoms with Gasteiger partial charge < -0.3 is 14.5 Å². The number of carbonyl (C=O) groups excluding carboxylic acids is 4. The highest BCUT2D eigenvalue weighted by atomic mass is 16.5. The first-order chi connectivity index (χ1) is 18.0. The number of ether oxygens (including phenoxy) is 1. The van der Waals surface area contributed by atoms with Gasteiger partial charge in [0.1, 0.15) is 6.04 Å². The molecule has 2 aliphatic heterocycles. The monoisotopic (exact) mass is 499 g/mol. The van der Waals surface area contributed by atoms with Crippen LogP contribution in [-0.4, -0.2) is 82.3 Å². The number of amides is 3. The average molecular weight is 500 g/mol. The lowest BCUT2D eigenvalue weighted by Crippen LogP contribution is -2.51. The Morgan fingerprint density at radius 2 is 1.41 bits per heavy atom. The summed E-state index contributed by atoms with van der Waals surface area (Å²) in [6, 6.07) is 16.1. The van der Waals surface area contributed by atoms with Crippen molar-refractivity contribution < 1.29 is 23.9 Å². The van der Waals surface area contributed by atoms with Gasteiger partial charge in [-0.2, -0.15) is 0 Å². The van der Waals surface area contributed by atoms with E-state index in [1.807, 2.05) is 23.1 Å². The maximum atomic E-state index is 13.2. The average Bonchev–Trinajstić information content (AvgIpc) is 3.20. The molecule has 0 N–H and O–H groups in total. The fourth-order valence-electron chi connectivity index (χ4n) is 4.54. The van der Waals surface area contributed by atoms with Gasteiger partial charge in [0.15, 0.2) is 6.61 Å². The van der Waals surface area contributed by atoms with Crippen LogP contribution in [0.5, 0.6) is 0 Å². The van der Waals surface area contributed by atoms with Crippen LogP contribution in [0, 0.1) is 0 Å². The summed E-state index contributed by atoms with van der Waals surface area (Å²) < 4.78 is 5.40. The molecule has 0 saturated carbocycles.